The molecule has 28 heavy (non-hydrogen) atoms. The van der Waals surface area contributed by atoms with Crippen LogP contribution >= 0.6 is 35.6 Å². The third-order valence-corrected chi connectivity index (χ3v) is 4.33. The molecule has 0 aliphatic heterocycles. The molecule has 0 unspecified atom stereocenters. The van der Waals surface area contributed by atoms with Gasteiger partial charge in [-0.25, -0.2) is 4.98 Å². The summed E-state index contributed by atoms with van der Waals surface area (Å²) >= 11 is 11.4. The fourth-order valence-electron chi connectivity index (χ4n) is 2.73. The smallest absolute Gasteiger partial charge is 0.303 e. The Morgan fingerprint density at radius 2 is 2.00 bits per heavy atom. The highest BCUT2D eigenvalue weighted by atomic mass is 35.5. The first kappa shape index (κ1) is 24.8. The molecule has 1 aromatic heterocycles. The summed E-state index contributed by atoms with van der Waals surface area (Å²) in [5, 5.41) is 10.5. The molecule has 1 heterocycles. The number of benzene rings is 1. The lowest BCUT2D eigenvalue weighted by atomic mass is 10.2. The summed E-state index contributed by atoms with van der Waals surface area (Å²) in [4.78, 5) is 21.1. The van der Waals surface area contributed by atoms with Gasteiger partial charge in [-0.3, -0.25) is 14.7 Å². The summed E-state index contributed by atoms with van der Waals surface area (Å²) < 4.78 is 7.43. The van der Waals surface area contributed by atoms with Gasteiger partial charge in [-0.2, -0.15) is 0 Å². The number of carboxylic acids is 1. The van der Waals surface area contributed by atoms with E-state index in [1.165, 1.54) is 0 Å². The van der Waals surface area contributed by atoms with Crippen LogP contribution in [0.15, 0.2) is 18.2 Å². The van der Waals surface area contributed by atoms with Crippen LogP contribution in [-0.4, -0.2) is 58.8 Å². The molecule has 1 aromatic carbocycles. The zero-order valence-corrected chi connectivity index (χ0v) is 18.1. The van der Waals surface area contributed by atoms with Gasteiger partial charge in [0.1, 0.15) is 5.82 Å². The van der Waals surface area contributed by atoms with Crippen LogP contribution in [0, 0.1) is 0 Å². The molecule has 0 fully saturated rings. The van der Waals surface area contributed by atoms with Crippen molar-refractivity contribution in [1.29, 1.82) is 0 Å². The van der Waals surface area contributed by atoms with E-state index < -0.39 is 5.97 Å². The van der Waals surface area contributed by atoms with E-state index in [0.717, 1.165) is 22.5 Å². The van der Waals surface area contributed by atoms with Crippen molar-refractivity contribution in [2.24, 2.45) is 7.05 Å². The molecular formula is C18H26Cl3N3O4. The van der Waals surface area contributed by atoms with Crippen LogP contribution in [-0.2, 0) is 27.8 Å². The molecular weight excluding hydrogens is 429 g/mol. The number of rotatable bonds is 13. The average Bonchev–Trinajstić information content (AvgIpc) is 2.96. The van der Waals surface area contributed by atoms with Gasteiger partial charge in [-0.15, -0.1) is 35.6 Å². The van der Waals surface area contributed by atoms with Crippen LogP contribution in [0.25, 0.3) is 11.0 Å². The molecule has 0 radical (unpaired) electrons. The lowest BCUT2D eigenvalue weighted by Gasteiger charge is -2.23. The Hall–Kier alpha value is -1.25. The number of anilines is 1. The molecule has 7 nitrogen and oxygen atoms in total. The van der Waals surface area contributed by atoms with Crippen LogP contribution in [0.4, 0.5) is 5.69 Å². The van der Waals surface area contributed by atoms with Gasteiger partial charge in [0.15, 0.2) is 0 Å². The van der Waals surface area contributed by atoms with E-state index in [-0.39, 0.29) is 18.8 Å². The van der Waals surface area contributed by atoms with Crippen LogP contribution in [0.2, 0.25) is 0 Å². The number of imidazole rings is 1. The van der Waals surface area contributed by atoms with E-state index in [2.05, 4.69) is 4.98 Å². The summed E-state index contributed by atoms with van der Waals surface area (Å²) in [6, 6.07) is 5.89. The van der Waals surface area contributed by atoms with Gasteiger partial charge >= 0.3 is 5.97 Å². The molecule has 158 valence electrons. The Kier molecular flexibility index (Phi) is 11.6. The summed E-state index contributed by atoms with van der Waals surface area (Å²) in [6.45, 7) is 1.90. The Labute approximate surface area is 180 Å². The molecule has 10 heteroatoms. The van der Waals surface area contributed by atoms with Crippen molar-refractivity contribution in [3.63, 3.8) is 0 Å². The van der Waals surface area contributed by atoms with Gasteiger partial charge < -0.3 is 14.4 Å². The monoisotopic (exact) mass is 453 g/mol. The van der Waals surface area contributed by atoms with E-state index in [1.807, 2.05) is 29.8 Å². The van der Waals surface area contributed by atoms with Crippen molar-refractivity contribution in [3.8, 4) is 0 Å². The summed E-state index contributed by atoms with van der Waals surface area (Å²) in [5.74, 6) is 0.910. The molecule has 2 rings (SSSR count). The largest absolute Gasteiger partial charge is 0.481 e. The van der Waals surface area contributed by atoms with Gasteiger partial charge in [0.25, 0.3) is 0 Å². The zero-order chi connectivity index (χ0) is 19.6. The number of aliphatic carboxylic acids is 1. The van der Waals surface area contributed by atoms with Crippen LogP contribution in [0.3, 0.4) is 0 Å². The first-order valence-electron chi connectivity index (χ1n) is 8.84. The second-order valence-electron chi connectivity index (χ2n) is 5.93. The summed E-state index contributed by atoms with van der Waals surface area (Å²) in [6.07, 6.45) is 1.31. The standard InChI is InChI=1S/C18H25Cl2N3O4.ClH/c1-22-16-6-5-14(23(27-11-8-20)9-12-26-10-7-19)13-15(16)21-17(22)3-2-4-18(24)25;/h5-6,13H,2-4,7-12H2,1H3,(H,24,25);1H. The molecule has 0 aliphatic carbocycles. The number of hydrogen-bond acceptors (Lipinski definition) is 5. The summed E-state index contributed by atoms with van der Waals surface area (Å²) in [7, 11) is 1.94. The first-order chi connectivity index (χ1) is 13.1. The molecule has 0 aliphatic rings. The van der Waals surface area contributed by atoms with Crippen molar-refractivity contribution < 1.29 is 19.5 Å². The van der Waals surface area contributed by atoms with Gasteiger partial charge in [0, 0.05) is 31.6 Å². The molecule has 2 aromatic rings. The van der Waals surface area contributed by atoms with E-state index in [0.29, 0.717) is 51.0 Å². The number of nitrogens with zero attached hydrogens (tertiary/aromatic N) is 3. The number of aromatic nitrogens is 2. The minimum atomic E-state index is -0.792. The molecule has 0 bridgehead atoms. The maximum Gasteiger partial charge on any atom is 0.303 e. The normalized spacial score (nSPS) is 10.8. The van der Waals surface area contributed by atoms with Gasteiger partial charge in [0.05, 0.1) is 43.1 Å². The maximum atomic E-state index is 10.7. The maximum absolute atomic E-state index is 10.7. The molecule has 0 saturated carbocycles. The van der Waals surface area contributed by atoms with Gasteiger partial charge in [-0.1, -0.05) is 0 Å². The zero-order valence-electron chi connectivity index (χ0n) is 15.8. The van der Waals surface area contributed by atoms with Gasteiger partial charge in [0.2, 0.25) is 0 Å². The van der Waals surface area contributed by atoms with Crippen molar-refractivity contribution >= 4 is 58.3 Å². The Morgan fingerprint density at radius 3 is 2.68 bits per heavy atom. The van der Waals surface area contributed by atoms with Crippen molar-refractivity contribution in [2.75, 3.05) is 43.2 Å². The number of aryl methyl sites for hydroxylation is 2. The first-order valence-corrected chi connectivity index (χ1v) is 9.91. The highest BCUT2D eigenvalue weighted by molar-refractivity contribution is 6.18. The molecule has 0 atom stereocenters. The fourth-order valence-corrected chi connectivity index (χ4v) is 2.91. The second-order valence-corrected chi connectivity index (χ2v) is 6.69. The van der Waals surface area contributed by atoms with Crippen LogP contribution < -0.4 is 5.06 Å². The number of ether oxygens (including phenoxy) is 1. The Balaban J connectivity index is 0.00000392. The van der Waals surface area contributed by atoms with E-state index in [9.17, 15) is 4.79 Å². The minimum Gasteiger partial charge on any atom is -0.481 e. The predicted octanol–water partition coefficient (Wildman–Crippen LogP) is 3.63. The number of hydrogen-bond donors (Lipinski definition) is 1. The van der Waals surface area contributed by atoms with E-state index >= 15 is 0 Å². The van der Waals surface area contributed by atoms with Crippen molar-refractivity contribution in [3.05, 3.63) is 24.0 Å². The average molecular weight is 455 g/mol. The van der Waals surface area contributed by atoms with E-state index in [4.69, 9.17) is 37.9 Å². The molecule has 0 amide bonds. The SMILES string of the molecule is Cl.Cn1c(CCCC(=O)O)nc2cc(N(CCOCCCl)OCCCl)ccc21. The van der Waals surface area contributed by atoms with Gasteiger partial charge in [-0.05, 0) is 24.6 Å². The minimum absolute atomic E-state index is 0. The topological polar surface area (TPSA) is 76.8 Å². The highest BCUT2D eigenvalue weighted by Crippen LogP contribution is 2.23. The predicted molar refractivity (Wildman–Crippen MR) is 114 cm³/mol. The van der Waals surface area contributed by atoms with Crippen LogP contribution in [0.1, 0.15) is 18.7 Å². The summed E-state index contributed by atoms with van der Waals surface area (Å²) in [5.41, 5.74) is 2.68. The number of hydroxylamine groups is 1. The molecule has 1 N–H and O–H groups in total. The van der Waals surface area contributed by atoms with Crippen molar-refractivity contribution in [1.82, 2.24) is 9.55 Å². The highest BCUT2D eigenvalue weighted by Gasteiger charge is 2.13. The fraction of sp³-hybridized carbons (Fsp3) is 0.556. The third kappa shape index (κ3) is 7.29. The number of carbonyl (C=O) groups is 1. The molecule has 0 saturated heterocycles. The number of fused-ring (bicyclic) bond motifs is 1. The number of carboxylic acid groups (broad SMARTS) is 1. The second kappa shape index (κ2) is 13.1. The Bertz CT molecular complexity index is 742. The third-order valence-electron chi connectivity index (χ3n) is 4.02. The lowest BCUT2D eigenvalue weighted by molar-refractivity contribution is -0.137. The Morgan fingerprint density at radius 1 is 1.25 bits per heavy atom. The molecule has 0 spiro atoms. The van der Waals surface area contributed by atoms with Crippen molar-refractivity contribution in [2.45, 2.75) is 19.3 Å². The number of halogens is 3. The lowest BCUT2D eigenvalue weighted by Crippen LogP contribution is -2.28. The quantitative estimate of drug-likeness (QED) is 0.283. The van der Waals surface area contributed by atoms with Crippen LogP contribution in [0.5, 0.6) is 0 Å². The number of alkyl halides is 2. The van der Waals surface area contributed by atoms with E-state index in [1.54, 1.807) is 5.06 Å².